The van der Waals surface area contributed by atoms with Crippen molar-refractivity contribution in [2.24, 2.45) is 7.05 Å². The molecule has 4 rings (SSSR count). The molecule has 7 nitrogen and oxygen atoms in total. The Labute approximate surface area is 132 Å². The molecule has 3 heterocycles. The zero-order valence-corrected chi connectivity index (χ0v) is 12.6. The number of nitrogens with zero attached hydrogens (tertiary/aromatic N) is 3. The standard InChI is InChI=1S/C16H16N4O3/c1-20-6-5-17-15(20)14-12(4-7-22-14)19-16(21)10-2-3-11-13(8-10)23-9-18-11/h2-3,5-6,8-9,12,14H,4,7H2,1H3,(H,19,21)/t12-,14-/m0/s1. The average Bonchev–Trinajstić information content (AvgIpc) is 3.26. The van der Waals surface area contributed by atoms with Gasteiger partial charge in [0.1, 0.15) is 17.4 Å². The number of rotatable bonds is 3. The molecule has 0 spiro atoms. The predicted octanol–water partition coefficient (Wildman–Crippen LogP) is 1.82. The van der Waals surface area contributed by atoms with Gasteiger partial charge in [0.15, 0.2) is 12.0 Å². The van der Waals surface area contributed by atoms with Crippen LogP contribution < -0.4 is 5.32 Å². The lowest BCUT2D eigenvalue weighted by Crippen LogP contribution is -2.37. The third kappa shape index (κ3) is 2.49. The van der Waals surface area contributed by atoms with Crippen molar-refractivity contribution in [3.05, 3.63) is 48.4 Å². The van der Waals surface area contributed by atoms with Gasteiger partial charge in [-0.2, -0.15) is 0 Å². The van der Waals surface area contributed by atoms with Crippen molar-refractivity contribution in [1.29, 1.82) is 0 Å². The summed E-state index contributed by atoms with van der Waals surface area (Å²) in [5, 5.41) is 3.04. The number of aromatic nitrogens is 3. The fourth-order valence-corrected chi connectivity index (χ4v) is 2.89. The summed E-state index contributed by atoms with van der Waals surface area (Å²) in [6.45, 7) is 0.601. The van der Waals surface area contributed by atoms with Crippen LogP contribution in [-0.4, -0.2) is 33.1 Å². The Morgan fingerprint density at radius 1 is 1.39 bits per heavy atom. The molecule has 23 heavy (non-hydrogen) atoms. The van der Waals surface area contributed by atoms with E-state index in [1.165, 1.54) is 6.39 Å². The van der Waals surface area contributed by atoms with Crippen molar-refractivity contribution in [2.75, 3.05) is 6.61 Å². The third-order valence-electron chi connectivity index (χ3n) is 4.11. The largest absolute Gasteiger partial charge is 0.443 e. The predicted molar refractivity (Wildman–Crippen MR) is 81.8 cm³/mol. The average molecular weight is 312 g/mol. The molecule has 1 saturated heterocycles. The van der Waals surface area contributed by atoms with Crippen LogP contribution in [0.2, 0.25) is 0 Å². The van der Waals surface area contributed by atoms with Crippen LogP contribution >= 0.6 is 0 Å². The lowest BCUT2D eigenvalue weighted by atomic mass is 10.1. The molecule has 0 radical (unpaired) electrons. The highest BCUT2D eigenvalue weighted by molar-refractivity contribution is 5.97. The number of carbonyl (C=O) groups is 1. The molecule has 0 unspecified atom stereocenters. The molecule has 7 heteroatoms. The Kier molecular flexibility index (Phi) is 3.34. The van der Waals surface area contributed by atoms with Gasteiger partial charge in [-0.3, -0.25) is 4.79 Å². The molecule has 1 amide bonds. The van der Waals surface area contributed by atoms with E-state index in [4.69, 9.17) is 9.15 Å². The second kappa shape index (κ2) is 5.51. The summed E-state index contributed by atoms with van der Waals surface area (Å²) in [6, 6.07) is 5.11. The fourth-order valence-electron chi connectivity index (χ4n) is 2.89. The van der Waals surface area contributed by atoms with Crippen LogP contribution in [0.25, 0.3) is 11.1 Å². The van der Waals surface area contributed by atoms with Crippen LogP contribution in [0.1, 0.15) is 28.7 Å². The van der Waals surface area contributed by atoms with Gasteiger partial charge >= 0.3 is 0 Å². The number of imidazole rings is 1. The molecular formula is C16H16N4O3. The first-order valence-electron chi connectivity index (χ1n) is 7.45. The van der Waals surface area contributed by atoms with Gasteiger partial charge in [0, 0.05) is 31.6 Å². The van der Waals surface area contributed by atoms with E-state index in [9.17, 15) is 4.79 Å². The summed E-state index contributed by atoms with van der Waals surface area (Å²) in [4.78, 5) is 20.9. The van der Waals surface area contributed by atoms with Gasteiger partial charge in [-0.25, -0.2) is 9.97 Å². The monoisotopic (exact) mass is 312 g/mol. The zero-order chi connectivity index (χ0) is 15.8. The second-order valence-electron chi connectivity index (χ2n) is 5.59. The minimum absolute atomic E-state index is 0.103. The summed E-state index contributed by atoms with van der Waals surface area (Å²) in [5.74, 6) is 0.663. The summed E-state index contributed by atoms with van der Waals surface area (Å²) in [5.41, 5.74) is 1.87. The van der Waals surface area contributed by atoms with Crippen molar-refractivity contribution in [3.63, 3.8) is 0 Å². The molecular weight excluding hydrogens is 296 g/mol. The third-order valence-corrected chi connectivity index (χ3v) is 4.11. The molecule has 118 valence electrons. The van der Waals surface area contributed by atoms with Crippen LogP contribution in [0.3, 0.4) is 0 Å². The van der Waals surface area contributed by atoms with E-state index >= 15 is 0 Å². The van der Waals surface area contributed by atoms with E-state index in [2.05, 4.69) is 15.3 Å². The van der Waals surface area contributed by atoms with Crippen LogP contribution in [0.5, 0.6) is 0 Å². The van der Waals surface area contributed by atoms with Gasteiger partial charge in [0.25, 0.3) is 5.91 Å². The molecule has 1 N–H and O–H groups in total. The van der Waals surface area contributed by atoms with Gasteiger partial charge in [0.05, 0.1) is 6.04 Å². The van der Waals surface area contributed by atoms with Crippen molar-refractivity contribution in [2.45, 2.75) is 18.6 Å². The molecule has 1 aliphatic heterocycles. The van der Waals surface area contributed by atoms with E-state index in [-0.39, 0.29) is 18.1 Å². The molecule has 3 aromatic rings. The highest BCUT2D eigenvalue weighted by atomic mass is 16.5. The Morgan fingerprint density at radius 2 is 2.30 bits per heavy atom. The number of hydrogen-bond donors (Lipinski definition) is 1. The normalized spacial score (nSPS) is 20.9. The number of hydrogen-bond acceptors (Lipinski definition) is 5. The summed E-state index contributed by atoms with van der Waals surface area (Å²) >= 11 is 0. The lowest BCUT2D eigenvalue weighted by Gasteiger charge is -2.19. The number of amides is 1. The summed E-state index contributed by atoms with van der Waals surface area (Å²) < 4.78 is 12.9. The van der Waals surface area contributed by atoms with Crippen molar-refractivity contribution in [3.8, 4) is 0 Å². The van der Waals surface area contributed by atoms with Crippen LogP contribution in [0.4, 0.5) is 0 Å². The molecule has 0 bridgehead atoms. The Morgan fingerprint density at radius 3 is 3.13 bits per heavy atom. The molecule has 2 aromatic heterocycles. The van der Waals surface area contributed by atoms with E-state index in [0.717, 1.165) is 17.8 Å². The zero-order valence-electron chi connectivity index (χ0n) is 12.6. The summed E-state index contributed by atoms with van der Waals surface area (Å²) in [6.07, 6.45) is 5.50. The second-order valence-corrected chi connectivity index (χ2v) is 5.59. The van der Waals surface area contributed by atoms with Crippen molar-refractivity contribution >= 4 is 17.0 Å². The first-order valence-corrected chi connectivity index (χ1v) is 7.45. The van der Waals surface area contributed by atoms with Crippen LogP contribution in [0, 0.1) is 0 Å². The molecule has 0 saturated carbocycles. The maximum atomic E-state index is 12.5. The Hall–Kier alpha value is -2.67. The van der Waals surface area contributed by atoms with E-state index in [1.54, 1.807) is 24.4 Å². The molecule has 1 aliphatic rings. The van der Waals surface area contributed by atoms with Gasteiger partial charge in [0.2, 0.25) is 0 Å². The first-order chi connectivity index (χ1) is 11.2. The van der Waals surface area contributed by atoms with Crippen LogP contribution in [0.15, 0.2) is 41.4 Å². The number of nitrogens with one attached hydrogen (secondary N) is 1. The summed E-state index contributed by atoms with van der Waals surface area (Å²) in [7, 11) is 1.92. The first kappa shape index (κ1) is 14.0. The maximum absolute atomic E-state index is 12.5. The minimum atomic E-state index is -0.229. The fraction of sp³-hybridized carbons (Fsp3) is 0.312. The number of carbonyl (C=O) groups excluding carboxylic acids is 1. The number of benzene rings is 1. The number of ether oxygens (including phenoxy) is 1. The van der Waals surface area contributed by atoms with Gasteiger partial charge in [-0.15, -0.1) is 0 Å². The lowest BCUT2D eigenvalue weighted by molar-refractivity contribution is 0.0779. The van der Waals surface area contributed by atoms with E-state index in [1.807, 2.05) is 17.8 Å². The quantitative estimate of drug-likeness (QED) is 0.797. The maximum Gasteiger partial charge on any atom is 0.251 e. The number of fused-ring (bicyclic) bond motifs is 1. The van der Waals surface area contributed by atoms with Crippen molar-refractivity contribution < 1.29 is 13.9 Å². The smallest absolute Gasteiger partial charge is 0.251 e. The highest BCUT2D eigenvalue weighted by Crippen LogP contribution is 2.28. The highest BCUT2D eigenvalue weighted by Gasteiger charge is 2.33. The SMILES string of the molecule is Cn1ccnc1[C@H]1OCC[C@@H]1NC(=O)c1ccc2ncoc2c1. The Bertz CT molecular complexity index is 854. The van der Waals surface area contributed by atoms with E-state index in [0.29, 0.717) is 17.8 Å². The molecule has 1 fully saturated rings. The van der Waals surface area contributed by atoms with E-state index < -0.39 is 0 Å². The number of aryl methyl sites for hydroxylation is 1. The van der Waals surface area contributed by atoms with Gasteiger partial charge < -0.3 is 19.0 Å². The molecule has 1 aromatic carbocycles. The van der Waals surface area contributed by atoms with Crippen molar-refractivity contribution in [1.82, 2.24) is 19.9 Å². The Balaban J connectivity index is 1.54. The number of oxazole rings is 1. The van der Waals surface area contributed by atoms with Gasteiger partial charge in [-0.05, 0) is 24.6 Å². The van der Waals surface area contributed by atoms with Crippen LogP contribution in [-0.2, 0) is 11.8 Å². The van der Waals surface area contributed by atoms with Gasteiger partial charge in [-0.1, -0.05) is 0 Å². The molecule has 0 aliphatic carbocycles. The minimum Gasteiger partial charge on any atom is -0.443 e. The topological polar surface area (TPSA) is 82.2 Å². The molecule has 2 atom stereocenters.